The number of fused-ring (bicyclic) bond motifs is 5. The van der Waals surface area contributed by atoms with Crippen molar-refractivity contribution in [2.24, 2.45) is 34.5 Å². The number of aliphatic carboxylic acids is 1. The summed E-state index contributed by atoms with van der Waals surface area (Å²) in [6.07, 6.45) is 5.52. The number of ether oxygens (including phenoxy) is 1. The van der Waals surface area contributed by atoms with Crippen LogP contribution in [0.5, 0.6) is 0 Å². The molecule has 0 saturated heterocycles. The first kappa shape index (κ1) is 24.8. The highest BCUT2D eigenvalue weighted by molar-refractivity contribution is 6.01. The van der Waals surface area contributed by atoms with E-state index in [1.54, 1.807) is 12.2 Å². The van der Waals surface area contributed by atoms with E-state index >= 15 is 0 Å². The third-order valence-electron chi connectivity index (χ3n) is 9.34. The van der Waals surface area contributed by atoms with E-state index in [-0.39, 0.29) is 55.1 Å². The number of carboxylic acids is 1. The Morgan fingerprint density at radius 2 is 1.91 bits per heavy atom. The molecule has 8 atom stereocenters. The van der Waals surface area contributed by atoms with E-state index in [4.69, 9.17) is 9.84 Å². The lowest BCUT2D eigenvalue weighted by molar-refractivity contribution is -0.182. The zero-order valence-corrected chi connectivity index (χ0v) is 20.0. The number of ketones is 2. The number of Topliss-reactive ketones (excluding diaryl/α,β-unsaturated/α-hetero) is 1. The Kier molecular flexibility index (Phi) is 6.13. The average molecular weight is 475 g/mol. The van der Waals surface area contributed by atoms with Gasteiger partial charge in [0, 0.05) is 16.7 Å². The number of rotatable bonds is 6. The van der Waals surface area contributed by atoms with Crippen LogP contribution in [0.15, 0.2) is 23.8 Å². The van der Waals surface area contributed by atoms with Gasteiger partial charge in [-0.2, -0.15) is 0 Å². The van der Waals surface area contributed by atoms with Crippen LogP contribution < -0.4 is 0 Å². The zero-order chi connectivity index (χ0) is 25.1. The number of hydrogen-bond acceptors (Lipinski definition) is 7. The van der Waals surface area contributed by atoms with Crippen molar-refractivity contribution in [2.45, 2.75) is 71.0 Å². The summed E-state index contributed by atoms with van der Waals surface area (Å²) in [6.45, 7) is 5.40. The van der Waals surface area contributed by atoms with Crippen molar-refractivity contribution in [3.05, 3.63) is 23.8 Å². The van der Waals surface area contributed by atoms with Crippen LogP contribution in [0.4, 0.5) is 0 Å². The molecule has 0 aromatic heterocycles. The molecule has 8 heteroatoms. The maximum atomic E-state index is 13.1. The molecule has 4 rings (SSSR count). The Bertz CT molecular complexity index is 981. The summed E-state index contributed by atoms with van der Waals surface area (Å²) in [5.74, 6) is -2.51. The quantitative estimate of drug-likeness (QED) is 0.498. The second-order valence-corrected chi connectivity index (χ2v) is 11.1. The van der Waals surface area contributed by atoms with Gasteiger partial charge in [0.25, 0.3) is 0 Å². The molecule has 0 aromatic carbocycles. The Hall–Kier alpha value is -2.32. The molecular formula is C26H34O8. The standard InChI is InChI=1S/C26H34O8/c1-14-10-16-17-7-9-26(33,20(29)13-34-22(32)5-4-21(30)31)25(17,3)12-19(28)23(16)24(2)8-6-15(27)11-18(14)24/h6,8,11,14,16-17,19,23,28,33H,4-5,7,9-10,12-13H2,1-3H3,(H,30,31)/t14-,16+,17+,19+,23-,24+,25+,26-/m1/s1. The monoisotopic (exact) mass is 474 g/mol. The van der Waals surface area contributed by atoms with Crippen LogP contribution in [0.3, 0.4) is 0 Å². The average Bonchev–Trinajstić information content (AvgIpc) is 3.03. The van der Waals surface area contributed by atoms with Crippen molar-refractivity contribution in [3.8, 4) is 0 Å². The molecule has 4 aliphatic rings. The molecule has 0 spiro atoms. The Morgan fingerprint density at radius 3 is 2.59 bits per heavy atom. The molecule has 0 aromatic rings. The highest BCUT2D eigenvalue weighted by Crippen LogP contribution is 2.67. The summed E-state index contributed by atoms with van der Waals surface area (Å²) in [5, 5.41) is 31.7. The van der Waals surface area contributed by atoms with Gasteiger partial charge < -0.3 is 20.1 Å². The SMILES string of the molecule is C[C@@H]1C[C@@H]2[C@H]([C@@H](O)C[C@@]3(C)[C@H]2CC[C@@]3(O)C(=O)COC(=O)CCC(=O)O)[C@@]2(C)C=CC(=O)C=C12. The Morgan fingerprint density at radius 1 is 1.21 bits per heavy atom. The number of hydrogen-bond donors (Lipinski definition) is 3. The highest BCUT2D eigenvalue weighted by atomic mass is 16.5. The molecule has 0 amide bonds. The van der Waals surface area contributed by atoms with Gasteiger partial charge in [-0.05, 0) is 55.6 Å². The van der Waals surface area contributed by atoms with Crippen LogP contribution in [0.2, 0.25) is 0 Å². The number of aliphatic hydroxyl groups excluding tert-OH is 1. The maximum Gasteiger partial charge on any atom is 0.306 e. The molecule has 186 valence electrons. The van der Waals surface area contributed by atoms with E-state index in [2.05, 4.69) is 13.8 Å². The Balaban J connectivity index is 1.56. The minimum absolute atomic E-state index is 0.00980. The predicted molar refractivity (Wildman–Crippen MR) is 120 cm³/mol. The lowest BCUT2D eigenvalue weighted by Crippen LogP contribution is -2.62. The molecule has 0 aliphatic heterocycles. The molecule has 0 heterocycles. The van der Waals surface area contributed by atoms with Gasteiger partial charge in [-0.3, -0.25) is 19.2 Å². The van der Waals surface area contributed by atoms with Gasteiger partial charge in [0.1, 0.15) is 5.60 Å². The molecule has 34 heavy (non-hydrogen) atoms. The topological polar surface area (TPSA) is 138 Å². The first-order chi connectivity index (χ1) is 15.8. The predicted octanol–water partition coefficient (Wildman–Crippen LogP) is 2.22. The summed E-state index contributed by atoms with van der Waals surface area (Å²) in [7, 11) is 0. The number of esters is 1. The molecule has 0 radical (unpaired) electrons. The molecule has 0 unspecified atom stereocenters. The number of aliphatic hydroxyl groups is 2. The van der Waals surface area contributed by atoms with Crippen molar-refractivity contribution < 1.29 is 39.2 Å². The summed E-state index contributed by atoms with van der Waals surface area (Å²) in [6, 6.07) is 0. The van der Waals surface area contributed by atoms with E-state index in [9.17, 15) is 29.4 Å². The van der Waals surface area contributed by atoms with Gasteiger partial charge in [-0.25, -0.2) is 0 Å². The number of carbonyl (C=O) groups is 4. The van der Waals surface area contributed by atoms with Gasteiger partial charge in [-0.15, -0.1) is 0 Å². The van der Waals surface area contributed by atoms with Crippen LogP contribution in [0.25, 0.3) is 0 Å². The van der Waals surface area contributed by atoms with E-state index < -0.39 is 46.9 Å². The van der Waals surface area contributed by atoms with Crippen molar-refractivity contribution in [1.82, 2.24) is 0 Å². The van der Waals surface area contributed by atoms with E-state index in [0.717, 1.165) is 12.0 Å². The molecule has 3 fully saturated rings. The molecule has 8 nitrogen and oxygen atoms in total. The van der Waals surface area contributed by atoms with Gasteiger partial charge in [-0.1, -0.05) is 32.4 Å². The summed E-state index contributed by atoms with van der Waals surface area (Å²) >= 11 is 0. The third-order valence-corrected chi connectivity index (χ3v) is 9.34. The van der Waals surface area contributed by atoms with Gasteiger partial charge in [0.05, 0.1) is 18.9 Å². The molecule has 0 bridgehead atoms. The smallest absolute Gasteiger partial charge is 0.306 e. The van der Waals surface area contributed by atoms with Crippen molar-refractivity contribution in [3.63, 3.8) is 0 Å². The fraction of sp³-hybridized carbons (Fsp3) is 0.692. The van der Waals surface area contributed by atoms with Gasteiger partial charge >= 0.3 is 11.9 Å². The zero-order valence-electron chi connectivity index (χ0n) is 20.0. The third kappa shape index (κ3) is 3.66. The second kappa shape index (κ2) is 8.41. The van der Waals surface area contributed by atoms with E-state index in [1.807, 2.05) is 13.0 Å². The normalized spacial score (nSPS) is 42.8. The van der Waals surface area contributed by atoms with Crippen LogP contribution in [0, 0.1) is 34.5 Å². The minimum Gasteiger partial charge on any atom is -0.481 e. The van der Waals surface area contributed by atoms with Crippen LogP contribution in [0.1, 0.15) is 59.3 Å². The molecular weight excluding hydrogens is 440 g/mol. The van der Waals surface area contributed by atoms with Crippen molar-refractivity contribution in [1.29, 1.82) is 0 Å². The van der Waals surface area contributed by atoms with Crippen LogP contribution in [-0.4, -0.2) is 57.1 Å². The van der Waals surface area contributed by atoms with Crippen molar-refractivity contribution in [2.75, 3.05) is 6.61 Å². The van der Waals surface area contributed by atoms with Gasteiger partial charge in [0.15, 0.2) is 12.4 Å². The summed E-state index contributed by atoms with van der Waals surface area (Å²) in [5.41, 5.74) is -2.04. The number of carboxylic acid groups (broad SMARTS) is 1. The lowest BCUT2D eigenvalue weighted by atomic mass is 9.45. The molecule has 3 saturated carbocycles. The van der Waals surface area contributed by atoms with Crippen LogP contribution >= 0.6 is 0 Å². The lowest BCUT2D eigenvalue weighted by Gasteiger charge is -2.60. The summed E-state index contributed by atoms with van der Waals surface area (Å²) < 4.78 is 4.98. The first-order valence-corrected chi connectivity index (χ1v) is 12.1. The summed E-state index contributed by atoms with van der Waals surface area (Å²) in [4.78, 5) is 47.7. The second-order valence-electron chi connectivity index (χ2n) is 11.1. The van der Waals surface area contributed by atoms with E-state index in [0.29, 0.717) is 6.42 Å². The fourth-order valence-electron chi connectivity index (χ4n) is 7.76. The number of allylic oxidation sites excluding steroid dienone is 4. The maximum absolute atomic E-state index is 13.1. The minimum atomic E-state index is -1.74. The first-order valence-electron chi connectivity index (χ1n) is 12.1. The highest BCUT2D eigenvalue weighted by Gasteiger charge is 2.68. The largest absolute Gasteiger partial charge is 0.481 e. The molecule has 3 N–H and O–H groups in total. The Labute approximate surface area is 199 Å². The molecule has 4 aliphatic carbocycles. The number of carbonyl (C=O) groups excluding carboxylic acids is 3. The fourth-order valence-corrected chi connectivity index (χ4v) is 7.76. The van der Waals surface area contributed by atoms with Gasteiger partial charge in [0.2, 0.25) is 5.78 Å². The van der Waals surface area contributed by atoms with Crippen molar-refractivity contribution >= 4 is 23.5 Å². The van der Waals surface area contributed by atoms with E-state index in [1.165, 1.54) is 0 Å². The van der Waals surface area contributed by atoms with Crippen LogP contribution in [-0.2, 0) is 23.9 Å².